The molecule has 4 aromatic rings. The van der Waals surface area contributed by atoms with E-state index in [2.05, 4.69) is 31.8 Å². The van der Waals surface area contributed by atoms with Crippen molar-refractivity contribution in [1.82, 2.24) is 34.0 Å². The van der Waals surface area contributed by atoms with Crippen molar-refractivity contribution in [1.29, 1.82) is 0 Å². The van der Waals surface area contributed by atoms with E-state index in [4.69, 9.17) is 9.72 Å². The fourth-order valence-corrected chi connectivity index (χ4v) is 5.24. The Labute approximate surface area is 231 Å². The molecule has 0 aliphatic carbocycles. The van der Waals surface area contributed by atoms with E-state index in [0.29, 0.717) is 28.8 Å². The van der Waals surface area contributed by atoms with E-state index < -0.39 is 0 Å². The van der Waals surface area contributed by atoms with E-state index in [9.17, 15) is 9.59 Å². The van der Waals surface area contributed by atoms with E-state index >= 15 is 0 Å². The summed E-state index contributed by atoms with van der Waals surface area (Å²) in [6.45, 7) is 12.2. The summed E-state index contributed by atoms with van der Waals surface area (Å²) in [5.41, 5.74) is 1.68. The molecular weight excluding hydrogens is 510 g/mol. The SMILES string of the molecule is C=CCn1c(=O)c2cnc(Nc3ccc(N4CC(N5CCC5)C4)c(OC)c3)nc2n1-c1ccc(=O)n(C(C)C)n1. The first-order valence-corrected chi connectivity index (χ1v) is 13.5. The summed E-state index contributed by atoms with van der Waals surface area (Å²) in [5, 5.41) is 8.10. The van der Waals surface area contributed by atoms with Crippen LogP contribution >= 0.6 is 0 Å². The second kappa shape index (κ2) is 10.3. The number of benzene rings is 1. The number of hydrogen-bond donors (Lipinski definition) is 1. The molecular formula is C28H33N9O3. The molecule has 0 saturated carbocycles. The summed E-state index contributed by atoms with van der Waals surface area (Å²) in [4.78, 5) is 39.6. The number of nitrogens with zero attached hydrogens (tertiary/aromatic N) is 8. The zero-order chi connectivity index (χ0) is 28.0. The van der Waals surface area contributed by atoms with Crippen molar-refractivity contribution in [3.05, 3.63) is 69.9 Å². The Kier molecular flexibility index (Phi) is 6.62. The van der Waals surface area contributed by atoms with Crippen LogP contribution in [0.1, 0.15) is 26.3 Å². The minimum absolute atomic E-state index is 0.156. The fraction of sp³-hybridized carbons (Fsp3) is 0.393. The van der Waals surface area contributed by atoms with Gasteiger partial charge in [-0.3, -0.25) is 14.5 Å². The molecule has 208 valence electrons. The van der Waals surface area contributed by atoms with Crippen LogP contribution in [0.3, 0.4) is 0 Å². The normalized spacial score (nSPS) is 15.8. The first-order chi connectivity index (χ1) is 19.4. The van der Waals surface area contributed by atoms with Crippen molar-refractivity contribution in [3.63, 3.8) is 0 Å². The highest BCUT2D eigenvalue weighted by molar-refractivity contribution is 5.77. The van der Waals surface area contributed by atoms with Crippen LogP contribution < -0.4 is 26.1 Å². The summed E-state index contributed by atoms with van der Waals surface area (Å²) in [6, 6.07) is 9.43. The molecule has 2 aliphatic rings. The zero-order valence-electron chi connectivity index (χ0n) is 22.9. The minimum Gasteiger partial charge on any atom is -0.495 e. The number of nitrogens with one attached hydrogen (secondary N) is 1. The lowest BCUT2D eigenvalue weighted by Gasteiger charge is -2.50. The van der Waals surface area contributed by atoms with E-state index in [0.717, 1.165) is 30.2 Å². The summed E-state index contributed by atoms with van der Waals surface area (Å²) in [5.74, 6) is 1.47. The molecule has 0 amide bonds. The predicted octanol–water partition coefficient (Wildman–Crippen LogP) is 2.55. The maximum atomic E-state index is 13.2. The first kappa shape index (κ1) is 25.8. The van der Waals surface area contributed by atoms with Gasteiger partial charge in [-0.1, -0.05) is 6.08 Å². The van der Waals surface area contributed by atoms with Gasteiger partial charge in [0, 0.05) is 43.1 Å². The minimum atomic E-state index is -0.275. The molecule has 0 unspecified atom stereocenters. The second-order valence-electron chi connectivity index (χ2n) is 10.4. The molecule has 0 atom stereocenters. The van der Waals surface area contributed by atoms with Gasteiger partial charge in [0.25, 0.3) is 11.1 Å². The molecule has 2 saturated heterocycles. The number of ether oxygens (including phenoxy) is 1. The van der Waals surface area contributed by atoms with Crippen molar-refractivity contribution in [2.75, 3.05) is 43.5 Å². The summed E-state index contributed by atoms with van der Waals surface area (Å²) in [6.07, 6.45) is 4.42. The predicted molar refractivity (Wildman–Crippen MR) is 154 cm³/mol. The lowest BCUT2D eigenvalue weighted by atomic mass is 10.0. The van der Waals surface area contributed by atoms with Crippen LogP contribution in [0.2, 0.25) is 0 Å². The Morgan fingerprint density at radius 1 is 1.18 bits per heavy atom. The second-order valence-corrected chi connectivity index (χ2v) is 10.4. The van der Waals surface area contributed by atoms with E-state index in [1.54, 1.807) is 23.9 Å². The molecule has 12 nitrogen and oxygen atoms in total. The van der Waals surface area contributed by atoms with Gasteiger partial charge in [-0.15, -0.1) is 11.7 Å². The van der Waals surface area contributed by atoms with Crippen LogP contribution in [0.25, 0.3) is 16.9 Å². The summed E-state index contributed by atoms with van der Waals surface area (Å²) < 4.78 is 10.2. The standard InChI is InChI=1S/C28H33N9O3/c1-5-11-35-27(39)21-15-29-28(31-26(21)37(35)24-9-10-25(38)36(32-24)18(2)3)30-19-7-8-22(23(14-19)40-4)34-16-20(17-34)33-12-6-13-33/h5,7-10,14-15,18,20H,1,6,11-13,16-17H2,2-4H3,(H,29,30,31). The topological polar surface area (TPSA) is 115 Å². The van der Waals surface area contributed by atoms with Crippen molar-refractivity contribution < 1.29 is 4.74 Å². The number of rotatable bonds is 9. The van der Waals surface area contributed by atoms with Gasteiger partial charge < -0.3 is 15.0 Å². The third-order valence-electron chi connectivity index (χ3n) is 7.54. The number of hydrogen-bond acceptors (Lipinski definition) is 9. The monoisotopic (exact) mass is 543 g/mol. The van der Waals surface area contributed by atoms with Gasteiger partial charge in [0.15, 0.2) is 11.5 Å². The Morgan fingerprint density at radius 2 is 1.98 bits per heavy atom. The summed E-state index contributed by atoms with van der Waals surface area (Å²) >= 11 is 0. The lowest BCUT2D eigenvalue weighted by Crippen LogP contribution is -2.62. The first-order valence-electron chi connectivity index (χ1n) is 13.5. The number of aromatic nitrogens is 6. The number of fused-ring (bicyclic) bond motifs is 1. The van der Waals surface area contributed by atoms with Gasteiger partial charge in [0.1, 0.15) is 11.1 Å². The zero-order valence-corrected chi connectivity index (χ0v) is 22.9. The quantitative estimate of drug-likeness (QED) is 0.318. The molecule has 40 heavy (non-hydrogen) atoms. The third-order valence-corrected chi connectivity index (χ3v) is 7.54. The molecule has 2 fully saturated rings. The molecule has 3 aromatic heterocycles. The van der Waals surface area contributed by atoms with Crippen LogP contribution in [0.4, 0.5) is 17.3 Å². The van der Waals surface area contributed by atoms with Crippen molar-refractivity contribution in [2.24, 2.45) is 0 Å². The Morgan fingerprint density at radius 3 is 2.65 bits per heavy atom. The molecule has 0 spiro atoms. The maximum absolute atomic E-state index is 13.2. The van der Waals surface area contributed by atoms with Gasteiger partial charge in [0.2, 0.25) is 5.95 Å². The van der Waals surface area contributed by atoms with E-state index in [1.807, 2.05) is 32.0 Å². The van der Waals surface area contributed by atoms with Crippen molar-refractivity contribution in [3.8, 4) is 11.6 Å². The van der Waals surface area contributed by atoms with Gasteiger partial charge in [-0.05, 0) is 51.6 Å². The Hall–Kier alpha value is -4.45. The van der Waals surface area contributed by atoms with Crippen LogP contribution in [-0.2, 0) is 6.54 Å². The van der Waals surface area contributed by atoms with Gasteiger partial charge in [0.05, 0.1) is 25.4 Å². The molecule has 0 radical (unpaired) electrons. The van der Waals surface area contributed by atoms with Gasteiger partial charge in [-0.2, -0.15) is 4.98 Å². The third kappa shape index (κ3) is 4.43. The smallest absolute Gasteiger partial charge is 0.278 e. The molecule has 12 heteroatoms. The average molecular weight is 544 g/mol. The van der Waals surface area contributed by atoms with Crippen LogP contribution in [-0.4, -0.2) is 73.3 Å². The number of allylic oxidation sites excluding steroid dienone is 1. The summed E-state index contributed by atoms with van der Waals surface area (Å²) in [7, 11) is 1.67. The Balaban J connectivity index is 1.33. The highest BCUT2D eigenvalue weighted by Gasteiger charge is 2.35. The van der Waals surface area contributed by atoms with Crippen molar-refractivity contribution in [2.45, 2.75) is 38.9 Å². The van der Waals surface area contributed by atoms with Crippen LogP contribution in [0.15, 0.2) is 58.8 Å². The maximum Gasteiger partial charge on any atom is 0.278 e. The van der Waals surface area contributed by atoms with E-state index in [1.165, 1.54) is 41.1 Å². The lowest BCUT2D eigenvalue weighted by molar-refractivity contribution is 0.0975. The van der Waals surface area contributed by atoms with Crippen LogP contribution in [0.5, 0.6) is 5.75 Å². The van der Waals surface area contributed by atoms with Gasteiger partial charge >= 0.3 is 0 Å². The molecule has 5 heterocycles. The van der Waals surface area contributed by atoms with E-state index in [-0.39, 0.29) is 23.7 Å². The highest BCUT2D eigenvalue weighted by atomic mass is 16.5. The largest absolute Gasteiger partial charge is 0.495 e. The van der Waals surface area contributed by atoms with Crippen molar-refractivity contribution >= 4 is 28.4 Å². The number of likely N-dealkylation sites (tertiary alicyclic amines) is 1. The molecule has 6 rings (SSSR count). The molecule has 1 N–H and O–H groups in total. The molecule has 1 aromatic carbocycles. The Bertz CT molecular complexity index is 1690. The van der Waals surface area contributed by atoms with Gasteiger partial charge in [-0.25, -0.2) is 19.0 Å². The fourth-order valence-electron chi connectivity index (χ4n) is 5.24. The highest BCUT2D eigenvalue weighted by Crippen LogP contribution is 2.36. The average Bonchev–Trinajstić information content (AvgIpc) is 3.16. The number of anilines is 3. The molecule has 2 aliphatic heterocycles. The number of methoxy groups -OCH3 is 1. The molecule has 0 bridgehead atoms. The van der Waals surface area contributed by atoms with Crippen LogP contribution in [0, 0.1) is 0 Å².